The number of primary amides is 1. The van der Waals surface area contributed by atoms with Crippen LogP contribution in [0.3, 0.4) is 0 Å². The SMILES string of the molecule is CC(CN1C(=O)C(=O)c2ccc(Cl)cc21)C(N)=O. The van der Waals surface area contributed by atoms with Crippen molar-refractivity contribution in [1.82, 2.24) is 0 Å². The normalized spacial score (nSPS) is 15.8. The lowest BCUT2D eigenvalue weighted by Crippen LogP contribution is -2.38. The number of halogens is 1. The number of fused-ring (bicyclic) bond motifs is 1. The predicted octanol–water partition coefficient (Wildman–Crippen LogP) is 0.991. The maximum atomic E-state index is 11.8. The smallest absolute Gasteiger partial charge is 0.299 e. The largest absolute Gasteiger partial charge is 0.369 e. The molecular weight excluding hydrogens is 256 g/mol. The lowest BCUT2D eigenvalue weighted by molar-refractivity contribution is -0.121. The van der Waals surface area contributed by atoms with Crippen LogP contribution in [0.2, 0.25) is 5.02 Å². The third kappa shape index (κ3) is 1.97. The van der Waals surface area contributed by atoms with Crippen LogP contribution in [0, 0.1) is 5.92 Å². The highest BCUT2D eigenvalue weighted by Crippen LogP contribution is 2.31. The highest BCUT2D eigenvalue weighted by atomic mass is 35.5. The Morgan fingerprint density at radius 3 is 2.72 bits per heavy atom. The van der Waals surface area contributed by atoms with Gasteiger partial charge in [0.2, 0.25) is 5.91 Å². The van der Waals surface area contributed by atoms with Crippen molar-refractivity contribution >= 4 is 34.9 Å². The summed E-state index contributed by atoms with van der Waals surface area (Å²) < 4.78 is 0. The molecule has 0 saturated carbocycles. The summed E-state index contributed by atoms with van der Waals surface area (Å²) in [5.74, 6) is -2.30. The molecule has 1 aromatic carbocycles. The third-order valence-electron chi connectivity index (χ3n) is 2.88. The van der Waals surface area contributed by atoms with E-state index in [0.717, 1.165) is 0 Å². The van der Waals surface area contributed by atoms with E-state index in [1.54, 1.807) is 13.0 Å². The number of hydrogen-bond donors (Lipinski definition) is 1. The van der Waals surface area contributed by atoms with E-state index in [4.69, 9.17) is 17.3 Å². The summed E-state index contributed by atoms with van der Waals surface area (Å²) in [5, 5.41) is 0.424. The summed E-state index contributed by atoms with van der Waals surface area (Å²) in [6.07, 6.45) is 0. The average molecular weight is 267 g/mol. The molecule has 0 saturated heterocycles. The number of carbonyl (C=O) groups excluding carboxylic acids is 3. The number of carbonyl (C=O) groups is 3. The first-order valence-electron chi connectivity index (χ1n) is 5.37. The molecule has 2 rings (SSSR count). The van der Waals surface area contributed by atoms with Gasteiger partial charge in [-0.15, -0.1) is 0 Å². The topological polar surface area (TPSA) is 80.5 Å². The molecule has 0 aliphatic carbocycles. The molecule has 0 spiro atoms. The van der Waals surface area contributed by atoms with E-state index < -0.39 is 23.5 Å². The maximum Gasteiger partial charge on any atom is 0.299 e. The zero-order valence-electron chi connectivity index (χ0n) is 9.64. The van der Waals surface area contributed by atoms with Gasteiger partial charge in [0.05, 0.1) is 17.2 Å². The van der Waals surface area contributed by atoms with Crippen LogP contribution < -0.4 is 10.6 Å². The molecule has 1 aromatic rings. The van der Waals surface area contributed by atoms with Crippen molar-refractivity contribution in [2.24, 2.45) is 11.7 Å². The van der Waals surface area contributed by atoms with Crippen molar-refractivity contribution in [1.29, 1.82) is 0 Å². The van der Waals surface area contributed by atoms with E-state index in [1.807, 2.05) is 0 Å². The van der Waals surface area contributed by atoms with Crippen LogP contribution in [-0.2, 0) is 9.59 Å². The second kappa shape index (κ2) is 4.42. The molecule has 1 aliphatic heterocycles. The zero-order chi connectivity index (χ0) is 13.4. The summed E-state index contributed by atoms with van der Waals surface area (Å²) >= 11 is 5.84. The Labute approximate surface area is 109 Å². The second-order valence-electron chi connectivity index (χ2n) is 4.21. The first kappa shape index (κ1) is 12.6. The third-order valence-corrected chi connectivity index (χ3v) is 3.11. The average Bonchev–Trinajstić information content (AvgIpc) is 2.54. The molecule has 18 heavy (non-hydrogen) atoms. The fraction of sp³-hybridized carbons (Fsp3) is 0.250. The van der Waals surface area contributed by atoms with E-state index in [2.05, 4.69) is 0 Å². The number of ketones is 1. The Kier molecular flexibility index (Phi) is 3.09. The van der Waals surface area contributed by atoms with Gasteiger partial charge in [-0.1, -0.05) is 18.5 Å². The van der Waals surface area contributed by atoms with E-state index in [9.17, 15) is 14.4 Å². The highest BCUT2D eigenvalue weighted by molar-refractivity contribution is 6.52. The van der Waals surface area contributed by atoms with E-state index in [0.29, 0.717) is 16.3 Å². The summed E-state index contributed by atoms with van der Waals surface area (Å²) in [4.78, 5) is 35.8. The van der Waals surface area contributed by atoms with Gasteiger partial charge in [0.25, 0.3) is 11.7 Å². The fourth-order valence-corrected chi connectivity index (χ4v) is 1.98. The summed E-state index contributed by atoms with van der Waals surface area (Å²) in [5.41, 5.74) is 5.90. The van der Waals surface area contributed by atoms with E-state index in [-0.39, 0.29) is 6.54 Å². The summed E-state index contributed by atoms with van der Waals surface area (Å²) in [6.45, 7) is 1.68. The summed E-state index contributed by atoms with van der Waals surface area (Å²) in [7, 11) is 0. The minimum atomic E-state index is -0.652. The first-order valence-corrected chi connectivity index (χ1v) is 5.74. The highest BCUT2D eigenvalue weighted by Gasteiger charge is 2.36. The van der Waals surface area contributed by atoms with Crippen LogP contribution in [0.15, 0.2) is 18.2 Å². The summed E-state index contributed by atoms with van der Waals surface area (Å²) in [6, 6.07) is 4.59. The molecule has 0 radical (unpaired) electrons. The molecule has 5 nitrogen and oxygen atoms in total. The molecule has 0 fully saturated rings. The molecule has 2 amide bonds. The van der Waals surface area contributed by atoms with Crippen LogP contribution in [0.5, 0.6) is 0 Å². The molecule has 1 atom stereocenters. The minimum absolute atomic E-state index is 0.0766. The Morgan fingerprint density at radius 2 is 2.11 bits per heavy atom. The number of Topliss-reactive ketones (excluding diaryl/α,β-unsaturated/α-hetero) is 1. The number of rotatable bonds is 3. The minimum Gasteiger partial charge on any atom is -0.369 e. The molecule has 1 aliphatic rings. The number of amides is 2. The first-order chi connectivity index (χ1) is 8.41. The van der Waals surface area contributed by atoms with Gasteiger partial charge in [0, 0.05) is 11.6 Å². The van der Waals surface area contributed by atoms with Crippen molar-refractivity contribution in [2.45, 2.75) is 6.92 Å². The quantitative estimate of drug-likeness (QED) is 0.829. The van der Waals surface area contributed by atoms with Crippen LogP contribution in [0.25, 0.3) is 0 Å². The number of benzene rings is 1. The van der Waals surface area contributed by atoms with Crippen LogP contribution in [0.4, 0.5) is 5.69 Å². The van der Waals surface area contributed by atoms with Gasteiger partial charge in [-0.2, -0.15) is 0 Å². The molecule has 1 heterocycles. The lowest BCUT2D eigenvalue weighted by Gasteiger charge is -2.19. The zero-order valence-corrected chi connectivity index (χ0v) is 10.4. The Balaban J connectivity index is 2.39. The van der Waals surface area contributed by atoms with Crippen molar-refractivity contribution in [3.8, 4) is 0 Å². The number of nitrogens with zero attached hydrogens (tertiary/aromatic N) is 1. The maximum absolute atomic E-state index is 11.8. The molecule has 94 valence electrons. The van der Waals surface area contributed by atoms with Gasteiger partial charge in [0.15, 0.2) is 0 Å². The van der Waals surface area contributed by atoms with E-state index in [1.165, 1.54) is 17.0 Å². The van der Waals surface area contributed by atoms with Crippen molar-refractivity contribution in [3.63, 3.8) is 0 Å². The van der Waals surface area contributed by atoms with Crippen LogP contribution in [-0.4, -0.2) is 24.1 Å². The van der Waals surface area contributed by atoms with Crippen LogP contribution >= 0.6 is 11.6 Å². The standard InChI is InChI=1S/C12H11ClN2O3/c1-6(11(14)17)5-15-9-4-7(13)2-3-8(9)10(16)12(15)18/h2-4,6H,5H2,1H3,(H2,14,17). The Morgan fingerprint density at radius 1 is 1.44 bits per heavy atom. The number of nitrogens with two attached hydrogens (primary N) is 1. The predicted molar refractivity (Wildman–Crippen MR) is 66.5 cm³/mol. The number of anilines is 1. The van der Waals surface area contributed by atoms with Crippen molar-refractivity contribution in [2.75, 3.05) is 11.4 Å². The molecular formula is C12H11ClN2O3. The van der Waals surface area contributed by atoms with Gasteiger partial charge in [-0.05, 0) is 18.2 Å². The second-order valence-corrected chi connectivity index (χ2v) is 4.65. The van der Waals surface area contributed by atoms with Gasteiger partial charge in [-0.25, -0.2) is 0 Å². The van der Waals surface area contributed by atoms with Gasteiger partial charge in [-0.3, -0.25) is 14.4 Å². The van der Waals surface area contributed by atoms with E-state index >= 15 is 0 Å². The van der Waals surface area contributed by atoms with Gasteiger partial charge < -0.3 is 10.6 Å². The molecule has 1 unspecified atom stereocenters. The van der Waals surface area contributed by atoms with Crippen molar-refractivity contribution in [3.05, 3.63) is 28.8 Å². The molecule has 6 heteroatoms. The molecule has 0 bridgehead atoms. The van der Waals surface area contributed by atoms with Crippen molar-refractivity contribution < 1.29 is 14.4 Å². The lowest BCUT2D eigenvalue weighted by atomic mass is 10.1. The Hall–Kier alpha value is -1.88. The van der Waals surface area contributed by atoms with Gasteiger partial charge >= 0.3 is 0 Å². The monoisotopic (exact) mass is 266 g/mol. The fourth-order valence-electron chi connectivity index (χ4n) is 1.81. The molecule has 2 N–H and O–H groups in total. The molecule has 0 aromatic heterocycles. The number of hydrogen-bond acceptors (Lipinski definition) is 3. The van der Waals surface area contributed by atoms with Gasteiger partial charge in [0.1, 0.15) is 0 Å². The van der Waals surface area contributed by atoms with Crippen LogP contribution in [0.1, 0.15) is 17.3 Å². The Bertz CT molecular complexity index is 556.